The van der Waals surface area contributed by atoms with Gasteiger partial charge in [0, 0.05) is 12.7 Å². The molecule has 0 aliphatic rings. The fourth-order valence-electron chi connectivity index (χ4n) is 2.36. The van der Waals surface area contributed by atoms with Gasteiger partial charge in [-0.2, -0.15) is 0 Å². The third kappa shape index (κ3) is 6.40. The summed E-state index contributed by atoms with van der Waals surface area (Å²) in [5.74, 6) is -0.205. The molecule has 0 saturated heterocycles. The summed E-state index contributed by atoms with van der Waals surface area (Å²) in [5, 5.41) is 10.6. The molecule has 4 N–H and O–H groups in total. The van der Waals surface area contributed by atoms with Crippen LogP contribution in [0.4, 0.5) is 11.4 Å². The number of carbonyl (C=O) groups excluding carboxylic acids is 3. The van der Waals surface area contributed by atoms with Gasteiger partial charge in [-0.25, -0.2) is 0 Å². The first-order chi connectivity index (χ1) is 13.5. The monoisotopic (exact) mass is 384 g/mol. The number of nitrogens with one attached hydrogen (secondary N) is 4. The lowest BCUT2D eigenvalue weighted by Crippen LogP contribution is -2.36. The average Bonchev–Trinajstić information content (AvgIpc) is 2.70. The zero-order valence-corrected chi connectivity index (χ0v) is 15.9. The molecule has 148 valence electrons. The largest absolute Gasteiger partial charge is 0.494 e. The van der Waals surface area contributed by atoms with E-state index in [1.807, 2.05) is 6.92 Å². The van der Waals surface area contributed by atoms with E-state index < -0.39 is 0 Å². The molecule has 2 aromatic carbocycles. The van der Waals surface area contributed by atoms with E-state index in [1.165, 1.54) is 7.05 Å². The molecule has 0 aliphatic heterocycles. The van der Waals surface area contributed by atoms with Gasteiger partial charge in [0.2, 0.25) is 11.8 Å². The molecule has 2 aromatic rings. The molecule has 0 atom stereocenters. The molecule has 0 heterocycles. The van der Waals surface area contributed by atoms with Gasteiger partial charge < -0.3 is 20.7 Å². The van der Waals surface area contributed by atoms with Crippen LogP contribution in [-0.2, 0) is 9.59 Å². The highest BCUT2D eigenvalue weighted by Gasteiger charge is 2.13. The highest BCUT2D eigenvalue weighted by Crippen LogP contribution is 2.19. The Kier molecular flexibility index (Phi) is 7.98. The summed E-state index contributed by atoms with van der Waals surface area (Å²) in [4.78, 5) is 35.8. The van der Waals surface area contributed by atoms with Gasteiger partial charge >= 0.3 is 0 Å². The smallest absolute Gasteiger partial charge is 0.257 e. The Labute approximate surface area is 163 Å². The molecule has 0 bridgehead atoms. The summed E-state index contributed by atoms with van der Waals surface area (Å²) in [7, 11) is 1.52. The van der Waals surface area contributed by atoms with Crippen LogP contribution >= 0.6 is 0 Å². The van der Waals surface area contributed by atoms with Gasteiger partial charge in [0.25, 0.3) is 5.91 Å². The summed E-state index contributed by atoms with van der Waals surface area (Å²) >= 11 is 0. The van der Waals surface area contributed by atoms with E-state index in [0.717, 1.165) is 5.75 Å². The second kappa shape index (κ2) is 10.7. The summed E-state index contributed by atoms with van der Waals surface area (Å²) < 4.78 is 5.38. The second-order valence-electron chi connectivity index (χ2n) is 5.78. The number of rotatable bonds is 9. The summed E-state index contributed by atoms with van der Waals surface area (Å²) in [6.45, 7) is 2.44. The minimum absolute atomic E-state index is 0.0315. The van der Waals surface area contributed by atoms with Crippen molar-refractivity contribution in [3.63, 3.8) is 0 Å². The molecule has 0 fully saturated rings. The summed E-state index contributed by atoms with van der Waals surface area (Å²) in [6.07, 6.45) is 0. The first-order valence-electron chi connectivity index (χ1n) is 8.88. The van der Waals surface area contributed by atoms with Crippen LogP contribution in [0.1, 0.15) is 17.3 Å². The maximum Gasteiger partial charge on any atom is 0.257 e. The number of para-hydroxylation sites is 1. The molecular formula is C20H24N4O4. The van der Waals surface area contributed by atoms with E-state index in [9.17, 15) is 14.4 Å². The standard InChI is InChI=1S/C20H24N4O4/c1-3-28-15-10-8-14(9-11-15)23-20(27)16-6-4-5-7-17(16)24-19(26)13-22-12-18(25)21-2/h4-11,22H,3,12-13H2,1-2H3,(H,21,25)(H,23,27)(H,24,26). The van der Waals surface area contributed by atoms with Gasteiger partial charge in [-0.15, -0.1) is 0 Å². The Morgan fingerprint density at radius 3 is 2.25 bits per heavy atom. The molecule has 0 aromatic heterocycles. The van der Waals surface area contributed by atoms with Crippen molar-refractivity contribution in [3.05, 3.63) is 54.1 Å². The van der Waals surface area contributed by atoms with Crippen molar-refractivity contribution in [1.29, 1.82) is 0 Å². The van der Waals surface area contributed by atoms with Gasteiger partial charge in [-0.05, 0) is 43.3 Å². The normalized spacial score (nSPS) is 10.1. The van der Waals surface area contributed by atoms with Crippen molar-refractivity contribution >= 4 is 29.1 Å². The third-order valence-corrected chi connectivity index (χ3v) is 3.72. The fourth-order valence-corrected chi connectivity index (χ4v) is 2.36. The zero-order chi connectivity index (χ0) is 20.4. The number of hydrogen-bond acceptors (Lipinski definition) is 5. The molecule has 28 heavy (non-hydrogen) atoms. The van der Waals surface area contributed by atoms with Crippen LogP contribution in [-0.4, -0.2) is 44.5 Å². The Balaban J connectivity index is 1.99. The average molecular weight is 384 g/mol. The van der Waals surface area contributed by atoms with E-state index in [1.54, 1.807) is 48.5 Å². The highest BCUT2D eigenvalue weighted by molar-refractivity contribution is 6.10. The number of likely N-dealkylation sites (N-methyl/N-ethyl adjacent to an activating group) is 1. The number of hydrogen-bond donors (Lipinski definition) is 4. The predicted molar refractivity (Wildman–Crippen MR) is 108 cm³/mol. The maximum atomic E-state index is 12.6. The van der Waals surface area contributed by atoms with Crippen LogP contribution in [0.15, 0.2) is 48.5 Å². The maximum absolute atomic E-state index is 12.6. The Bertz CT molecular complexity index is 821. The zero-order valence-electron chi connectivity index (χ0n) is 15.9. The molecule has 0 unspecified atom stereocenters. The van der Waals surface area contributed by atoms with Crippen molar-refractivity contribution in [2.75, 3.05) is 37.4 Å². The first kappa shape index (κ1) is 20.9. The minimum atomic E-state index is -0.356. The van der Waals surface area contributed by atoms with Crippen molar-refractivity contribution in [1.82, 2.24) is 10.6 Å². The van der Waals surface area contributed by atoms with Gasteiger partial charge in [0.1, 0.15) is 5.75 Å². The van der Waals surface area contributed by atoms with Crippen molar-refractivity contribution in [2.24, 2.45) is 0 Å². The van der Waals surface area contributed by atoms with Gasteiger partial charge in [0.05, 0.1) is 30.9 Å². The molecular weight excluding hydrogens is 360 g/mol. The van der Waals surface area contributed by atoms with Crippen LogP contribution in [0.3, 0.4) is 0 Å². The van der Waals surface area contributed by atoms with E-state index in [2.05, 4.69) is 21.3 Å². The van der Waals surface area contributed by atoms with Crippen molar-refractivity contribution < 1.29 is 19.1 Å². The van der Waals surface area contributed by atoms with Crippen LogP contribution in [0, 0.1) is 0 Å². The minimum Gasteiger partial charge on any atom is -0.494 e. The predicted octanol–water partition coefficient (Wildman–Crippen LogP) is 1.61. The van der Waals surface area contributed by atoms with Crippen LogP contribution in [0.25, 0.3) is 0 Å². The van der Waals surface area contributed by atoms with Gasteiger partial charge in [0.15, 0.2) is 0 Å². The van der Waals surface area contributed by atoms with E-state index in [4.69, 9.17) is 4.74 Å². The number of carbonyl (C=O) groups is 3. The Hall–Kier alpha value is -3.39. The molecule has 0 aliphatic carbocycles. The number of benzene rings is 2. The van der Waals surface area contributed by atoms with E-state index in [-0.39, 0.29) is 30.8 Å². The number of anilines is 2. The van der Waals surface area contributed by atoms with E-state index in [0.29, 0.717) is 23.5 Å². The van der Waals surface area contributed by atoms with Crippen LogP contribution in [0.5, 0.6) is 5.75 Å². The Morgan fingerprint density at radius 1 is 0.893 bits per heavy atom. The molecule has 0 spiro atoms. The molecule has 2 rings (SSSR count). The second-order valence-corrected chi connectivity index (χ2v) is 5.78. The summed E-state index contributed by atoms with van der Waals surface area (Å²) in [6, 6.07) is 13.7. The lowest BCUT2D eigenvalue weighted by atomic mass is 10.1. The highest BCUT2D eigenvalue weighted by atomic mass is 16.5. The molecule has 3 amide bonds. The van der Waals surface area contributed by atoms with Gasteiger partial charge in [-0.1, -0.05) is 12.1 Å². The molecule has 0 saturated carbocycles. The molecule has 0 radical (unpaired) electrons. The van der Waals surface area contributed by atoms with Crippen molar-refractivity contribution in [3.8, 4) is 5.75 Å². The quantitative estimate of drug-likeness (QED) is 0.525. The molecule has 8 nitrogen and oxygen atoms in total. The SMILES string of the molecule is CCOc1ccc(NC(=O)c2ccccc2NC(=O)CNCC(=O)NC)cc1. The summed E-state index contributed by atoms with van der Waals surface area (Å²) in [5.41, 5.74) is 1.33. The van der Waals surface area contributed by atoms with Crippen molar-refractivity contribution in [2.45, 2.75) is 6.92 Å². The fraction of sp³-hybridized carbons (Fsp3) is 0.250. The lowest BCUT2D eigenvalue weighted by Gasteiger charge is -2.12. The first-order valence-corrected chi connectivity index (χ1v) is 8.88. The molecule has 8 heteroatoms. The van der Waals surface area contributed by atoms with Crippen LogP contribution in [0.2, 0.25) is 0 Å². The van der Waals surface area contributed by atoms with E-state index >= 15 is 0 Å². The topological polar surface area (TPSA) is 109 Å². The number of amides is 3. The third-order valence-electron chi connectivity index (χ3n) is 3.72. The lowest BCUT2D eigenvalue weighted by molar-refractivity contribution is -0.120. The van der Waals surface area contributed by atoms with Crippen LogP contribution < -0.4 is 26.0 Å². The number of ether oxygens (including phenoxy) is 1. The Morgan fingerprint density at radius 2 is 1.57 bits per heavy atom. The van der Waals surface area contributed by atoms with Gasteiger partial charge in [-0.3, -0.25) is 19.7 Å².